The lowest BCUT2D eigenvalue weighted by atomic mass is 9.94. The molecule has 0 spiro atoms. The molecule has 0 aromatic carbocycles. The normalized spacial score (nSPS) is 14.4. The Morgan fingerprint density at radius 3 is 1.38 bits per heavy atom. The van der Waals surface area contributed by atoms with E-state index in [-0.39, 0.29) is 26.1 Å². The SMILES string of the molecule is O=C(O)CCCCCCCCCCC(=O)O.OCCN(CCO)C1CCCCC1. The molecule has 4 N–H and O–H groups in total. The van der Waals surface area contributed by atoms with Crippen LogP contribution in [0.1, 0.15) is 96.3 Å². The maximum Gasteiger partial charge on any atom is 0.303 e. The second-order valence-corrected chi connectivity index (χ2v) is 7.89. The third-order valence-corrected chi connectivity index (χ3v) is 5.40. The van der Waals surface area contributed by atoms with Crippen molar-refractivity contribution in [1.29, 1.82) is 0 Å². The molecule has 7 nitrogen and oxygen atoms in total. The van der Waals surface area contributed by atoms with E-state index in [1.807, 2.05) is 0 Å². The summed E-state index contributed by atoms with van der Waals surface area (Å²) < 4.78 is 0. The van der Waals surface area contributed by atoms with Crippen molar-refractivity contribution in [3.05, 3.63) is 0 Å². The van der Waals surface area contributed by atoms with Gasteiger partial charge in [-0.2, -0.15) is 0 Å². The molecule has 0 aromatic heterocycles. The summed E-state index contributed by atoms with van der Waals surface area (Å²) in [6, 6.07) is 0.605. The van der Waals surface area contributed by atoms with Crippen LogP contribution in [0.2, 0.25) is 0 Å². The van der Waals surface area contributed by atoms with Gasteiger partial charge in [0, 0.05) is 32.0 Å². The van der Waals surface area contributed by atoms with E-state index in [2.05, 4.69) is 4.90 Å². The third-order valence-electron chi connectivity index (χ3n) is 5.40. The minimum Gasteiger partial charge on any atom is -0.481 e. The van der Waals surface area contributed by atoms with E-state index in [1.165, 1.54) is 32.1 Å². The standard InChI is InChI=1S/C12H22O4.C10H21NO2/c13-11(14)9-7-5-3-1-2-4-6-8-10-12(15)16;12-8-6-11(7-9-13)10-4-2-1-3-5-10/h1-10H2,(H,13,14)(H,15,16);10,12-13H,1-9H2. The molecule has 1 aliphatic carbocycles. The summed E-state index contributed by atoms with van der Waals surface area (Å²) in [4.78, 5) is 22.6. The number of aliphatic hydroxyl groups is 2. The summed E-state index contributed by atoms with van der Waals surface area (Å²) in [5.41, 5.74) is 0. The van der Waals surface area contributed by atoms with Crippen LogP contribution >= 0.6 is 0 Å². The van der Waals surface area contributed by atoms with E-state index < -0.39 is 11.9 Å². The van der Waals surface area contributed by atoms with Gasteiger partial charge in [0.1, 0.15) is 0 Å². The van der Waals surface area contributed by atoms with Crippen molar-refractivity contribution >= 4 is 11.9 Å². The minimum atomic E-state index is -0.714. The van der Waals surface area contributed by atoms with Crippen LogP contribution in [0.4, 0.5) is 0 Å². The van der Waals surface area contributed by atoms with Gasteiger partial charge in [-0.25, -0.2) is 0 Å². The number of hydrogen-bond donors (Lipinski definition) is 4. The number of aliphatic hydroxyl groups excluding tert-OH is 2. The van der Waals surface area contributed by atoms with Gasteiger partial charge in [0.25, 0.3) is 0 Å². The molecule has 0 bridgehead atoms. The second kappa shape index (κ2) is 20.1. The molecule has 1 rings (SSSR count). The van der Waals surface area contributed by atoms with Gasteiger partial charge in [-0.3, -0.25) is 14.5 Å². The molecule has 7 heteroatoms. The van der Waals surface area contributed by atoms with Crippen molar-refractivity contribution in [3.8, 4) is 0 Å². The van der Waals surface area contributed by atoms with Gasteiger partial charge in [0.05, 0.1) is 13.2 Å². The van der Waals surface area contributed by atoms with Crippen molar-refractivity contribution in [1.82, 2.24) is 4.90 Å². The van der Waals surface area contributed by atoms with Crippen molar-refractivity contribution in [2.24, 2.45) is 0 Å². The third kappa shape index (κ3) is 18.6. The van der Waals surface area contributed by atoms with E-state index in [1.54, 1.807) is 0 Å². The van der Waals surface area contributed by atoms with E-state index in [9.17, 15) is 9.59 Å². The van der Waals surface area contributed by atoms with Gasteiger partial charge in [-0.15, -0.1) is 0 Å². The lowest BCUT2D eigenvalue weighted by molar-refractivity contribution is -0.138. The molecule has 0 heterocycles. The fraction of sp³-hybridized carbons (Fsp3) is 0.909. The highest BCUT2D eigenvalue weighted by Crippen LogP contribution is 2.22. The summed E-state index contributed by atoms with van der Waals surface area (Å²) in [6.45, 7) is 1.84. The van der Waals surface area contributed by atoms with Crippen molar-refractivity contribution in [3.63, 3.8) is 0 Å². The maximum atomic E-state index is 10.2. The fourth-order valence-corrected chi connectivity index (χ4v) is 3.79. The monoisotopic (exact) mass is 417 g/mol. The first kappa shape index (κ1) is 27.8. The Kier molecular flexibility index (Phi) is 19.3. The number of aliphatic carboxylic acids is 2. The quantitative estimate of drug-likeness (QED) is 0.283. The number of hydrogen-bond acceptors (Lipinski definition) is 5. The van der Waals surface area contributed by atoms with Gasteiger partial charge in [-0.1, -0.05) is 57.8 Å². The van der Waals surface area contributed by atoms with Crippen LogP contribution in [0.3, 0.4) is 0 Å². The number of nitrogens with zero attached hydrogens (tertiary/aromatic N) is 1. The molecule has 0 aromatic rings. The summed E-state index contributed by atoms with van der Waals surface area (Å²) >= 11 is 0. The predicted octanol–water partition coefficient (Wildman–Crippen LogP) is 3.66. The van der Waals surface area contributed by atoms with Crippen LogP contribution in [0.5, 0.6) is 0 Å². The number of unbranched alkanes of at least 4 members (excludes halogenated alkanes) is 7. The summed E-state index contributed by atoms with van der Waals surface area (Å²) in [6.07, 6.45) is 14.9. The van der Waals surface area contributed by atoms with Crippen LogP contribution in [0, 0.1) is 0 Å². The number of rotatable bonds is 16. The highest BCUT2D eigenvalue weighted by Gasteiger charge is 2.19. The molecule has 29 heavy (non-hydrogen) atoms. The molecular weight excluding hydrogens is 374 g/mol. The van der Waals surface area contributed by atoms with Crippen LogP contribution in [-0.2, 0) is 9.59 Å². The van der Waals surface area contributed by atoms with Crippen LogP contribution in [-0.4, -0.2) is 69.6 Å². The number of carboxylic acids is 2. The Balaban J connectivity index is 0.000000551. The molecule has 1 saturated carbocycles. The molecule has 1 fully saturated rings. The van der Waals surface area contributed by atoms with Crippen molar-refractivity contribution in [2.75, 3.05) is 26.3 Å². The largest absolute Gasteiger partial charge is 0.481 e. The molecule has 0 unspecified atom stereocenters. The fourth-order valence-electron chi connectivity index (χ4n) is 3.79. The molecule has 0 aliphatic heterocycles. The summed E-state index contributed by atoms with van der Waals surface area (Å²) in [5, 5.41) is 34.6. The minimum absolute atomic E-state index is 0.205. The van der Waals surface area contributed by atoms with Gasteiger partial charge in [0.2, 0.25) is 0 Å². The van der Waals surface area contributed by atoms with E-state index >= 15 is 0 Å². The molecule has 0 atom stereocenters. The molecular formula is C22H43NO6. The van der Waals surface area contributed by atoms with Crippen molar-refractivity contribution in [2.45, 2.75) is 102 Å². The van der Waals surface area contributed by atoms with Gasteiger partial charge in [-0.05, 0) is 25.7 Å². The Labute approximate surface area is 176 Å². The molecule has 172 valence electrons. The first-order valence-corrected chi connectivity index (χ1v) is 11.4. The Hall–Kier alpha value is -1.18. The number of carboxylic acid groups (broad SMARTS) is 2. The average Bonchev–Trinajstić information content (AvgIpc) is 2.70. The topological polar surface area (TPSA) is 118 Å². The van der Waals surface area contributed by atoms with E-state index in [4.69, 9.17) is 20.4 Å². The second-order valence-electron chi connectivity index (χ2n) is 7.89. The zero-order chi connectivity index (χ0) is 21.7. The van der Waals surface area contributed by atoms with E-state index in [0.717, 1.165) is 51.4 Å². The van der Waals surface area contributed by atoms with Gasteiger partial charge >= 0.3 is 11.9 Å². The lowest BCUT2D eigenvalue weighted by Crippen LogP contribution is -2.40. The first-order valence-electron chi connectivity index (χ1n) is 11.4. The zero-order valence-corrected chi connectivity index (χ0v) is 18.1. The zero-order valence-electron chi connectivity index (χ0n) is 18.1. The summed E-state index contributed by atoms with van der Waals surface area (Å²) in [5.74, 6) is -1.43. The lowest BCUT2D eigenvalue weighted by Gasteiger charge is -2.33. The highest BCUT2D eigenvalue weighted by atomic mass is 16.4. The Bertz CT molecular complexity index is 371. The molecule has 0 amide bonds. The first-order chi connectivity index (χ1) is 14.0. The molecule has 0 radical (unpaired) electrons. The van der Waals surface area contributed by atoms with Crippen molar-refractivity contribution < 1.29 is 30.0 Å². The summed E-state index contributed by atoms with van der Waals surface area (Å²) in [7, 11) is 0. The average molecular weight is 418 g/mol. The Morgan fingerprint density at radius 1 is 0.655 bits per heavy atom. The molecule has 0 saturated heterocycles. The van der Waals surface area contributed by atoms with Crippen LogP contribution in [0.15, 0.2) is 0 Å². The van der Waals surface area contributed by atoms with Gasteiger partial charge < -0.3 is 20.4 Å². The van der Waals surface area contributed by atoms with Crippen LogP contribution < -0.4 is 0 Å². The van der Waals surface area contributed by atoms with Crippen LogP contribution in [0.25, 0.3) is 0 Å². The maximum absolute atomic E-state index is 10.2. The Morgan fingerprint density at radius 2 is 1.03 bits per heavy atom. The highest BCUT2D eigenvalue weighted by molar-refractivity contribution is 5.66. The molecule has 1 aliphatic rings. The predicted molar refractivity (Wildman–Crippen MR) is 114 cm³/mol. The van der Waals surface area contributed by atoms with E-state index in [0.29, 0.717) is 19.1 Å². The smallest absolute Gasteiger partial charge is 0.303 e. The number of carbonyl (C=O) groups is 2. The van der Waals surface area contributed by atoms with Gasteiger partial charge in [0.15, 0.2) is 0 Å².